The number of hydrogen-bond donors (Lipinski definition) is 2. The van der Waals surface area contributed by atoms with E-state index < -0.39 is 5.41 Å². The Morgan fingerprint density at radius 1 is 1.47 bits per heavy atom. The fourth-order valence-corrected chi connectivity index (χ4v) is 2.87. The molecule has 1 atom stereocenters. The van der Waals surface area contributed by atoms with Crippen LogP contribution in [0.25, 0.3) is 0 Å². The van der Waals surface area contributed by atoms with Gasteiger partial charge in [0.15, 0.2) is 5.11 Å². The number of hydrogen-bond acceptors (Lipinski definition) is 3. The molecule has 0 bridgehead atoms. The van der Waals surface area contributed by atoms with Crippen molar-refractivity contribution in [1.29, 1.82) is 0 Å². The average molecular weight is 288 g/mol. The molecule has 2 rings (SSSR count). The molecule has 0 saturated carbocycles. The van der Waals surface area contributed by atoms with E-state index in [-0.39, 0.29) is 53.8 Å². The van der Waals surface area contributed by atoms with E-state index in [4.69, 9.17) is 12.2 Å². The van der Waals surface area contributed by atoms with Gasteiger partial charge in [-0.2, -0.15) is 0 Å². The first kappa shape index (κ1) is 16.6. The van der Waals surface area contributed by atoms with Gasteiger partial charge in [-0.05, 0) is 37.9 Å². The van der Waals surface area contributed by atoms with Crippen molar-refractivity contribution in [2.75, 3.05) is 0 Å². The van der Waals surface area contributed by atoms with E-state index in [2.05, 4.69) is 17.2 Å². The number of rotatable bonds is 3. The third-order valence-corrected chi connectivity index (χ3v) is 3.82. The molecule has 1 aliphatic heterocycles. The van der Waals surface area contributed by atoms with Gasteiger partial charge in [-0.1, -0.05) is 18.2 Å². The summed E-state index contributed by atoms with van der Waals surface area (Å²) in [5, 5.41) is 5.21. The van der Waals surface area contributed by atoms with Gasteiger partial charge in [0.2, 0.25) is 11.8 Å². The Morgan fingerprint density at radius 3 is 2.58 bits per heavy atom. The van der Waals surface area contributed by atoms with Crippen LogP contribution in [0.2, 0.25) is 0 Å². The summed E-state index contributed by atoms with van der Waals surface area (Å²) < 4.78 is 0. The van der Waals surface area contributed by atoms with Crippen LogP contribution < -0.4 is 40.2 Å². The summed E-state index contributed by atoms with van der Waals surface area (Å²) in [5.41, 5.74) is -1.10. The Kier molecular flexibility index (Phi) is 5.92. The summed E-state index contributed by atoms with van der Waals surface area (Å²) >= 11 is 4.84. The molecule has 1 unspecified atom stereocenters. The van der Waals surface area contributed by atoms with Crippen LogP contribution in [0.1, 0.15) is 27.1 Å². The maximum Gasteiger partial charge on any atom is 1.00 e. The van der Waals surface area contributed by atoms with Crippen LogP contribution in [0.15, 0.2) is 24.8 Å². The number of amides is 2. The smallest absolute Gasteiger partial charge is 1.00 e. The minimum Gasteiger partial charge on any atom is -1.00 e. The van der Waals surface area contributed by atoms with Crippen LogP contribution in [0, 0.1) is 11.3 Å². The fourth-order valence-electron chi connectivity index (χ4n) is 2.69. The third kappa shape index (κ3) is 2.99. The second kappa shape index (κ2) is 6.79. The van der Waals surface area contributed by atoms with Crippen molar-refractivity contribution < 1.29 is 40.6 Å². The maximum absolute atomic E-state index is 12.3. The molecule has 0 aromatic heterocycles. The van der Waals surface area contributed by atoms with E-state index in [0.29, 0.717) is 6.42 Å². The predicted molar refractivity (Wildman–Crippen MR) is 73.7 cm³/mol. The number of carbonyl (C=O) groups excluding carboxylic acids is 2. The second-order valence-electron chi connectivity index (χ2n) is 4.67. The Balaban J connectivity index is 0.00000180. The Hall–Kier alpha value is -0.490. The van der Waals surface area contributed by atoms with Crippen molar-refractivity contribution in [2.45, 2.75) is 25.7 Å². The fraction of sp³-hybridized carbons (Fsp3) is 0.462. The Labute approximate surface area is 141 Å². The summed E-state index contributed by atoms with van der Waals surface area (Å²) in [6, 6.07) is 0. The molecule has 98 valence electrons. The number of thiocarbonyl (C=S) groups is 1. The average Bonchev–Trinajstić information content (AvgIpc) is 2.35. The molecule has 2 amide bonds. The van der Waals surface area contributed by atoms with Crippen molar-refractivity contribution in [2.24, 2.45) is 11.3 Å². The normalized spacial score (nSPS) is 25.1. The zero-order valence-corrected chi connectivity index (χ0v) is 13.9. The van der Waals surface area contributed by atoms with E-state index in [1.54, 1.807) is 6.08 Å². The van der Waals surface area contributed by atoms with Gasteiger partial charge in [0.25, 0.3) is 0 Å². The first-order valence-electron chi connectivity index (χ1n) is 6.05. The van der Waals surface area contributed by atoms with Gasteiger partial charge in [0.1, 0.15) is 5.41 Å². The molecule has 2 aliphatic rings. The summed E-state index contributed by atoms with van der Waals surface area (Å²) in [6.45, 7) is 3.67. The molecule has 1 aliphatic carbocycles. The van der Waals surface area contributed by atoms with Crippen LogP contribution >= 0.6 is 12.2 Å². The molecule has 2 N–H and O–H groups in total. The molecule has 19 heavy (non-hydrogen) atoms. The van der Waals surface area contributed by atoms with E-state index in [1.807, 2.05) is 12.2 Å². The molecule has 0 aromatic rings. The van der Waals surface area contributed by atoms with Crippen LogP contribution in [-0.4, -0.2) is 16.9 Å². The second-order valence-corrected chi connectivity index (χ2v) is 5.08. The zero-order chi connectivity index (χ0) is 13.2. The van der Waals surface area contributed by atoms with Crippen molar-refractivity contribution in [3.63, 3.8) is 0 Å². The molecule has 0 aromatic carbocycles. The van der Waals surface area contributed by atoms with Gasteiger partial charge in [-0.15, -0.1) is 6.58 Å². The monoisotopic (exact) mass is 288 g/mol. The molecule has 0 radical (unpaired) electrons. The summed E-state index contributed by atoms with van der Waals surface area (Å²) in [7, 11) is 0. The summed E-state index contributed by atoms with van der Waals surface area (Å²) in [6.07, 6.45) is 8.77. The number of carbonyl (C=O) groups is 2. The number of allylic oxidation sites excluding steroid dienone is 3. The minimum absolute atomic E-state index is 0. The molecule has 1 heterocycles. The molecule has 6 heteroatoms. The van der Waals surface area contributed by atoms with E-state index in [9.17, 15) is 9.59 Å². The molecular weight excluding hydrogens is 271 g/mol. The van der Waals surface area contributed by atoms with Crippen LogP contribution in [0.5, 0.6) is 0 Å². The first-order chi connectivity index (χ1) is 8.61. The SMILES string of the molecule is C=CCC1(C2C=CCCC2)C(=O)NC(=S)NC1=O.[H-].[Na+]. The zero-order valence-electron chi connectivity index (χ0n) is 12.1. The minimum atomic E-state index is -1.10. The van der Waals surface area contributed by atoms with Crippen LogP contribution in [0.3, 0.4) is 0 Å². The van der Waals surface area contributed by atoms with Gasteiger partial charge in [-0.25, -0.2) is 0 Å². The van der Waals surface area contributed by atoms with Gasteiger partial charge in [0, 0.05) is 5.92 Å². The van der Waals surface area contributed by atoms with E-state index >= 15 is 0 Å². The van der Waals surface area contributed by atoms with Crippen LogP contribution in [-0.2, 0) is 9.59 Å². The van der Waals surface area contributed by atoms with Gasteiger partial charge in [-0.3, -0.25) is 9.59 Å². The van der Waals surface area contributed by atoms with Crippen molar-refractivity contribution in [3.8, 4) is 0 Å². The van der Waals surface area contributed by atoms with Crippen molar-refractivity contribution >= 4 is 29.1 Å². The predicted octanol–water partition coefficient (Wildman–Crippen LogP) is -1.45. The molecule has 0 spiro atoms. The van der Waals surface area contributed by atoms with Gasteiger partial charge in [0.05, 0.1) is 0 Å². The molecule has 4 nitrogen and oxygen atoms in total. The van der Waals surface area contributed by atoms with Gasteiger partial charge < -0.3 is 12.1 Å². The molecule has 1 saturated heterocycles. The largest absolute Gasteiger partial charge is 1.00 e. The quantitative estimate of drug-likeness (QED) is 0.289. The van der Waals surface area contributed by atoms with Crippen molar-refractivity contribution in [3.05, 3.63) is 24.8 Å². The topological polar surface area (TPSA) is 58.2 Å². The van der Waals surface area contributed by atoms with E-state index in [1.165, 1.54) is 0 Å². The summed E-state index contributed by atoms with van der Waals surface area (Å²) in [5.74, 6) is -0.715. The Morgan fingerprint density at radius 2 is 2.11 bits per heavy atom. The van der Waals surface area contributed by atoms with Crippen LogP contribution in [0.4, 0.5) is 0 Å². The number of nitrogens with one attached hydrogen (secondary N) is 2. The third-order valence-electron chi connectivity index (χ3n) is 3.62. The standard InChI is InChI=1S/C13H16N2O2S.Na.H/c1-2-8-13(9-6-4-3-5-7-9)10(16)14-12(18)15-11(13)17;;/h2,4,6,9H,1,3,5,7-8H2,(H2,14,15,16,17,18);;/q;+1;-1. The molecular formula is C13H17N2NaO2S. The van der Waals surface area contributed by atoms with Crippen molar-refractivity contribution in [1.82, 2.24) is 10.6 Å². The first-order valence-corrected chi connectivity index (χ1v) is 6.46. The van der Waals surface area contributed by atoms with Gasteiger partial charge >= 0.3 is 29.6 Å². The van der Waals surface area contributed by atoms with E-state index in [0.717, 1.165) is 19.3 Å². The summed E-state index contributed by atoms with van der Waals surface area (Å²) in [4.78, 5) is 24.6. The Bertz CT molecular complexity index is 434. The molecule has 1 fully saturated rings. The maximum atomic E-state index is 12.3.